The molecule has 0 aliphatic carbocycles. The van der Waals surface area contributed by atoms with E-state index >= 15 is 0 Å². The van der Waals surface area contributed by atoms with Crippen LogP contribution in [-0.4, -0.2) is 16.3 Å². The van der Waals surface area contributed by atoms with Crippen LogP contribution < -0.4 is 5.32 Å². The van der Waals surface area contributed by atoms with Crippen LogP contribution in [0.2, 0.25) is 5.15 Å². The van der Waals surface area contributed by atoms with Gasteiger partial charge in [-0.3, -0.25) is 4.68 Å². The van der Waals surface area contributed by atoms with E-state index in [1.54, 1.807) is 4.68 Å². The smallest absolute Gasteiger partial charge is 0.131 e. The van der Waals surface area contributed by atoms with Gasteiger partial charge in [0.15, 0.2) is 0 Å². The molecule has 3 nitrogen and oxygen atoms in total. The van der Waals surface area contributed by atoms with Gasteiger partial charge in [0.1, 0.15) is 5.15 Å². The van der Waals surface area contributed by atoms with Gasteiger partial charge in [-0.1, -0.05) is 50.6 Å². The second kappa shape index (κ2) is 8.54. The monoisotopic (exact) mass is 271 g/mol. The largest absolute Gasteiger partial charge is 0.312 e. The summed E-state index contributed by atoms with van der Waals surface area (Å²) >= 11 is 6.17. The molecule has 0 bridgehead atoms. The summed E-state index contributed by atoms with van der Waals surface area (Å²) in [4.78, 5) is 0. The third kappa shape index (κ3) is 4.99. The number of halogens is 1. The minimum absolute atomic E-state index is 0.753. The van der Waals surface area contributed by atoms with Crippen LogP contribution in [-0.2, 0) is 13.6 Å². The molecule has 1 N–H and O–H groups in total. The third-order valence-electron chi connectivity index (χ3n) is 3.28. The zero-order valence-electron chi connectivity index (χ0n) is 11.9. The van der Waals surface area contributed by atoms with Gasteiger partial charge in [0.05, 0.1) is 5.69 Å². The van der Waals surface area contributed by atoms with Crippen LogP contribution in [0.15, 0.2) is 0 Å². The highest BCUT2D eigenvalue weighted by atomic mass is 35.5. The Balaban J connectivity index is 2.11. The van der Waals surface area contributed by atoms with Crippen LogP contribution in [0.3, 0.4) is 0 Å². The number of hydrogen-bond donors (Lipinski definition) is 1. The lowest BCUT2D eigenvalue weighted by Gasteiger charge is -2.04. The molecule has 4 heteroatoms. The molecule has 0 fully saturated rings. The molecule has 1 heterocycles. The Labute approximate surface area is 116 Å². The van der Waals surface area contributed by atoms with Crippen LogP contribution >= 0.6 is 11.6 Å². The summed E-state index contributed by atoms with van der Waals surface area (Å²) in [6, 6.07) is 0. The van der Waals surface area contributed by atoms with Gasteiger partial charge in [-0.25, -0.2) is 0 Å². The molecule has 0 radical (unpaired) electrons. The second-order valence-electron chi connectivity index (χ2n) is 4.92. The highest BCUT2D eigenvalue weighted by Crippen LogP contribution is 2.18. The SMILES string of the molecule is CCCCCCCCNCc1c(C)nn(C)c1Cl. The van der Waals surface area contributed by atoms with Crippen molar-refractivity contribution in [1.29, 1.82) is 0 Å². The molecule has 18 heavy (non-hydrogen) atoms. The summed E-state index contributed by atoms with van der Waals surface area (Å²) in [5.41, 5.74) is 2.16. The first-order valence-corrected chi connectivity index (χ1v) is 7.43. The topological polar surface area (TPSA) is 29.9 Å². The van der Waals surface area contributed by atoms with Crippen LogP contribution in [0.4, 0.5) is 0 Å². The fraction of sp³-hybridized carbons (Fsp3) is 0.786. The molecule has 1 aromatic heterocycles. The summed E-state index contributed by atoms with van der Waals surface area (Å²) in [6.45, 7) is 6.15. The fourth-order valence-corrected chi connectivity index (χ4v) is 2.36. The summed E-state index contributed by atoms with van der Waals surface area (Å²) in [5.74, 6) is 0. The number of aryl methyl sites for hydroxylation is 2. The molecule has 0 spiro atoms. The van der Waals surface area contributed by atoms with Gasteiger partial charge < -0.3 is 5.32 Å². The Hall–Kier alpha value is -0.540. The minimum Gasteiger partial charge on any atom is -0.312 e. The average Bonchev–Trinajstić information content (AvgIpc) is 2.58. The minimum atomic E-state index is 0.753. The average molecular weight is 272 g/mol. The molecule has 0 unspecified atom stereocenters. The van der Waals surface area contributed by atoms with Crippen LogP contribution in [0.1, 0.15) is 56.7 Å². The van der Waals surface area contributed by atoms with E-state index in [2.05, 4.69) is 17.3 Å². The molecule has 0 saturated carbocycles. The predicted molar refractivity (Wildman–Crippen MR) is 78.0 cm³/mol. The van der Waals surface area contributed by atoms with Gasteiger partial charge >= 0.3 is 0 Å². The van der Waals surface area contributed by atoms with Crippen LogP contribution in [0.25, 0.3) is 0 Å². The van der Waals surface area contributed by atoms with Gasteiger partial charge in [0.2, 0.25) is 0 Å². The molecule has 0 aromatic carbocycles. The number of hydrogen-bond acceptors (Lipinski definition) is 2. The maximum Gasteiger partial charge on any atom is 0.131 e. The lowest BCUT2D eigenvalue weighted by molar-refractivity contribution is 0.571. The molecule has 0 atom stereocenters. The summed E-state index contributed by atoms with van der Waals surface area (Å²) in [5, 5.41) is 8.51. The number of aromatic nitrogens is 2. The lowest BCUT2D eigenvalue weighted by atomic mass is 10.1. The van der Waals surface area contributed by atoms with Gasteiger partial charge in [0, 0.05) is 19.2 Å². The van der Waals surface area contributed by atoms with Gasteiger partial charge in [-0.05, 0) is 19.9 Å². The van der Waals surface area contributed by atoms with E-state index in [9.17, 15) is 0 Å². The van der Waals surface area contributed by atoms with E-state index in [0.29, 0.717) is 0 Å². The molecule has 0 aliphatic heterocycles. The first kappa shape index (κ1) is 15.5. The van der Waals surface area contributed by atoms with Gasteiger partial charge in [-0.15, -0.1) is 0 Å². The zero-order valence-corrected chi connectivity index (χ0v) is 12.7. The Bertz CT molecular complexity index is 347. The number of unbranched alkanes of at least 4 members (excludes halogenated alkanes) is 5. The molecule has 1 aromatic rings. The Morgan fingerprint density at radius 2 is 1.83 bits per heavy atom. The molecule has 104 valence electrons. The maximum absolute atomic E-state index is 6.17. The van der Waals surface area contributed by atoms with Crippen molar-refractivity contribution >= 4 is 11.6 Å². The first-order valence-electron chi connectivity index (χ1n) is 7.05. The van der Waals surface area contributed by atoms with E-state index in [1.165, 1.54) is 38.5 Å². The molecular formula is C14H26ClN3. The van der Waals surface area contributed by atoms with Crippen molar-refractivity contribution in [1.82, 2.24) is 15.1 Å². The van der Waals surface area contributed by atoms with Crippen LogP contribution in [0.5, 0.6) is 0 Å². The normalized spacial score (nSPS) is 11.1. The lowest BCUT2D eigenvalue weighted by Crippen LogP contribution is -2.15. The molecule has 0 aliphatic rings. The van der Waals surface area contributed by atoms with Crippen molar-refractivity contribution in [3.63, 3.8) is 0 Å². The fourth-order valence-electron chi connectivity index (χ4n) is 2.12. The highest BCUT2D eigenvalue weighted by Gasteiger charge is 2.09. The Morgan fingerprint density at radius 1 is 1.17 bits per heavy atom. The Kier molecular flexibility index (Phi) is 7.36. The number of nitrogens with zero attached hydrogens (tertiary/aromatic N) is 2. The quantitative estimate of drug-likeness (QED) is 0.692. The highest BCUT2D eigenvalue weighted by molar-refractivity contribution is 6.30. The van der Waals surface area contributed by atoms with Gasteiger partial charge in [0.25, 0.3) is 0 Å². The van der Waals surface area contributed by atoms with E-state index in [0.717, 1.165) is 29.5 Å². The summed E-state index contributed by atoms with van der Waals surface area (Å²) in [7, 11) is 1.88. The number of rotatable bonds is 9. The van der Waals surface area contributed by atoms with Crippen LogP contribution in [0, 0.1) is 6.92 Å². The molecule has 0 amide bonds. The van der Waals surface area contributed by atoms with Crippen molar-refractivity contribution in [2.24, 2.45) is 7.05 Å². The predicted octanol–water partition coefficient (Wildman–Crippen LogP) is 3.83. The van der Waals surface area contributed by atoms with Crippen molar-refractivity contribution in [3.8, 4) is 0 Å². The number of nitrogens with one attached hydrogen (secondary N) is 1. The van der Waals surface area contributed by atoms with E-state index < -0.39 is 0 Å². The molecular weight excluding hydrogens is 246 g/mol. The molecule has 0 saturated heterocycles. The van der Waals surface area contributed by atoms with E-state index in [-0.39, 0.29) is 0 Å². The van der Waals surface area contributed by atoms with Crippen molar-refractivity contribution in [2.45, 2.75) is 58.9 Å². The summed E-state index contributed by atoms with van der Waals surface area (Å²) < 4.78 is 1.73. The standard InChI is InChI=1S/C14H26ClN3/c1-4-5-6-7-8-9-10-16-11-13-12(2)17-18(3)14(13)15/h16H,4-11H2,1-3H3. The Morgan fingerprint density at radius 3 is 2.44 bits per heavy atom. The van der Waals surface area contributed by atoms with Crippen molar-refractivity contribution in [2.75, 3.05) is 6.54 Å². The van der Waals surface area contributed by atoms with Crippen molar-refractivity contribution in [3.05, 3.63) is 16.4 Å². The first-order chi connectivity index (χ1) is 8.66. The second-order valence-corrected chi connectivity index (χ2v) is 5.28. The van der Waals surface area contributed by atoms with E-state index in [4.69, 9.17) is 11.6 Å². The van der Waals surface area contributed by atoms with E-state index in [1.807, 2.05) is 14.0 Å². The van der Waals surface area contributed by atoms with Crippen molar-refractivity contribution < 1.29 is 0 Å². The third-order valence-corrected chi connectivity index (χ3v) is 3.75. The summed E-state index contributed by atoms with van der Waals surface area (Å²) in [6.07, 6.45) is 8.01. The molecule has 1 rings (SSSR count). The maximum atomic E-state index is 6.17. The zero-order chi connectivity index (χ0) is 13.4. The van der Waals surface area contributed by atoms with Gasteiger partial charge in [-0.2, -0.15) is 5.10 Å².